The van der Waals surface area contributed by atoms with Crippen LogP contribution < -0.4 is 5.32 Å². The molecule has 3 aromatic rings. The van der Waals surface area contributed by atoms with E-state index in [1.807, 2.05) is 37.3 Å². The third kappa shape index (κ3) is 4.46. The zero-order valence-electron chi connectivity index (χ0n) is 14.1. The third-order valence-electron chi connectivity index (χ3n) is 3.40. The van der Waals surface area contributed by atoms with Gasteiger partial charge in [-0.3, -0.25) is 4.79 Å². The first-order valence-corrected chi connectivity index (χ1v) is 9.81. The SMILES string of the molecule is CCCn1c(SCC(=O)Nc2ncc(C)s2)nnc1-c1ccccc1. The second-order valence-corrected chi connectivity index (χ2v) is 7.61. The summed E-state index contributed by atoms with van der Waals surface area (Å²) in [5.41, 5.74) is 1.03. The molecule has 0 atom stereocenters. The molecule has 1 N–H and O–H groups in total. The van der Waals surface area contributed by atoms with Gasteiger partial charge in [0.25, 0.3) is 0 Å². The lowest BCUT2D eigenvalue weighted by atomic mass is 10.2. The number of thiazole rings is 1. The van der Waals surface area contributed by atoms with E-state index in [-0.39, 0.29) is 11.7 Å². The van der Waals surface area contributed by atoms with Crippen LogP contribution >= 0.6 is 23.1 Å². The average molecular weight is 374 g/mol. The maximum absolute atomic E-state index is 12.1. The van der Waals surface area contributed by atoms with Crippen molar-refractivity contribution in [3.05, 3.63) is 41.4 Å². The van der Waals surface area contributed by atoms with E-state index in [9.17, 15) is 4.79 Å². The number of thioether (sulfide) groups is 1. The summed E-state index contributed by atoms with van der Waals surface area (Å²) in [4.78, 5) is 17.3. The molecule has 0 aliphatic carbocycles. The molecule has 0 bridgehead atoms. The van der Waals surface area contributed by atoms with E-state index in [2.05, 4.69) is 32.0 Å². The summed E-state index contributed by atoms with van der Waals surface area (Å²) in [5.74, 6) is 1.02. The van der Waals surface area contributed by atoms with Crippen molar-refractivity contribution in [1.29, 1.82) is 0 Å². The van der Waals surface area contributed by atoms with Crippen LogP contribution in [0.3, 0.4) is 0 Å². The standard InChI is InChI=1S/C17H19N5OS2/c1-3-9-22-15(13-7-5-4-6-8-13)20-21-17(22)24-11-14(23)19-16-18-10-12(2)25-16/h4-8,10H,3,9,11H2,1-2H3,(H,18,19,23). The Labute approximate surface area is 154 Å². The van der Waals surface area contributed by atoms with E-state index in [1.165, 1.54) is 23.1 Å². The van der Waals surface area contributed by atoms with Crippen LogP contribution in [0.25, 0.3) is 11.4 Å². The molecule has 0 radical (unpaired) electrons. The van der Waals surface area contributed by atoms with Gasteiger partial charge in [-0.2, -0.15) is 0 Å². The molecule has 8 heteroatoms. The van der Waals surface area contributed by atoms with Crippen molar-refractivity contribution in [2.75, 3.05) is 11.1 Å². The first kappa shape index (κ1) is 17.6. The lowest BCUT2D eigenvalue weighted by molar-refractivity contribution is -0.113. The number of hydrogen-bond acceptors (Lipinski definition) is 6. The Morgan fingerprint density at radius 2 is 2.08 bits per heavy atom. The molecular formula is C17H19N5OS2. The van der Waals surface area contributed by atoms with Crippen LogP contribution in [0.1, 0.15) is 18.2 Å². The highest BCUT2D eigenvalue weighted by atomic mass is 32.2. The number of amides is 1. The number of hydrogen-bond donors (Lipinski definition) is 1. The van der Waals surface area contributed by atoms with Gasteiger partial charge in [0.15, 0.2) is 16.1 Å². The zero-order valence-corrected chi connectivity index (χ0v) is 15.7. The fourth-order valence-corrected chi connectivity index (χ4v) is 3.76. The Kier molecular flexibility index (Phi) is 5.83. The number of nitrogens with one attached hydrogen (secondary N) is 1. The summed E-state index contributed by atoms with van der Waals surface area (Å²) >= 11 is 2.86. The monoisotopic (exact) mass is 373 g/mol. The van der Waals surface area contributed by atoms with E-state index in [0.717, 1.165) is 34.4 Å². The van der Waals surface area contributed by atoms with E-state index in [0.29, 0.717) is 5.13 Å². The minimum absolute atomic E-state index is 0.0911. The highest BCUT2D eigenvalue weighted by molar-refractivity contribution is 7.99. The lowest BCUT2D eigenvalue weighted by Gasteiger charge is -2.08. The Morgan fingerprint density at radius 3 is 2.76 bits per heavy atom. The molecule has 0 fully saturated rings. The summed E-state index contributed by atoms with van der Waals surface area (Å²) in [7, 11) is 0. The van der Waals surface area contributed by atoms with Gasteiger partial charge in [-0.1, -0.05) is 49.0 Å². The zero-order chi connectivity index (χ0) is 17.6. The number of rotatable bonds is 7. The van der Waals surface area contributed by atoms with Crippen LogP contribution in [0.15, 0.2) is 41.7 Å². The van der Waals surface area contributed by atoms with Crippen LogP contribution in [0, 0.1) is 6.92 Å². The number of nitrogens with zero attached hydrogens (tertiary/aromatic N) is 4. The molecule has 0 saturated heterocycles. The van der Waals surface area contributed by atoms with Gasteiger partial charge < -0.3 is 9.88 Å². The summed E-state index contributed by atoms with van der Waals surface area (Å²) in [6.45, 7) is 4.88. The molecule has 6 nitrogen and oxygen atoms in total. The van der Waals surface area contributed by atoms with Crippen molar-refractivity contribution in [3.8, 4) is 11.4 Å². The van der Waals surface area contributed by atoms with E-state index < -0.39 is 0 Å². The fraction of sp³-hybridized carbons (Fsp3) is 0.294. The van der Waals surface area contributed by atoms with Gasteiger partial charge in [0, 0.05) is 23.2 Å². The van der Waals surface area contributed by atoms with Gasteiger partial charge in [0.1, 0.15) is 0 Å². The van der Waals surface area contributed by atoms with Crippen LogP contribution in [0.5, 0.6) is 0 Å². The molecule has 0 unspecified atom stereocenters. The summed E-state index contributed by atoms with van der Waals surface area (Å²) in [6, 6.07) is 9.97. The maximum Gasteiger partial charge on any atom is 0.236 e. The van der Waals surface area contributed by atoms with Gasteiger partial charge >= 0.3 is 0 Å². The van der Waals surface area contributed by atoms with Crippen LogP contribution in [0.2, 0.25) is 0 Å². The van der Waals surface area contributed by atoms with E-state index in [1.54, 1.807) is 6.20 Å². The number of benzene rings is 1. The van der Waals surface area contributed by atoms with Gasteiger partial charge in [0.05, 0.1) is 5.75 Å². The second kappa shape index (κ2) is 8.26. The Bertz CT molecular complexity index is 844. The minimum atomic E-state index is -0.0911. The number of carbonyl (C=O) groups is 1. The summed E-state index contributed by atoms with van der Waals surface area (Å²) < 4.78 is 2.07. The minimum Gasteiger partial charge on any atom is -0.302 e. The predicted octanol–water partition coefficient (Wildman–Crippen LogP) is 3.85. The first-order chi connectivity index (χ1) is 12.2. The molecule has 25 heavy (non-hydrogen) atoms. The van der Waals surface area contributed by atoms with Crippen LogP contribution in [-0.4, -0.2) is 31.4 Å². The summed E-state index contributed by atoms with van der Waals surface area (Å²) in [5, 5.41) is 12.8. The second-order valence-electron chi connectivity index (χ2n) is 5.44. The molecule has 2 heterocycles. The molecule has 0 saturated carbocycles. The Hall–Kier alpha value is -2.19. The van der Waals surface area contributed by atoms with E-state index >= 15 is 0 Å². The number of aryl methyl sites for hydroxylation is 1. The molecular weight excluding hydrogens is 354 g/mol. The molecule has 1 amide bonds. The number of anilines is 1. The molecule has 130 valence electrons. The van der Waals surface area contributed by atoms with Crippen molar-refractivity contribution < 1.29 is 4.79 Å². The van der Waals surface area contributed by atoms with Crippen LogP contribution in [0.4, 0.5) is 5.13 Å². The fourth-order valence-electron chi connectivity index (χ4n) is 2.32. The highest BCUT2D eigenvalue weighted by Crippen LogP contribution is 2.24. The molecule has 3 rings (SSSR count). The van der Waals surface area contributed by atoms with Gasteiger partial charge in [-0.15, -0.1) is 21.5 Å². The van der Waals surface area contributed by atoms with Crippen molar-refractivity contribution in [2.45, 2.75) is 32.0 Å². The Balaban J connectivity index is 1.69. The van der Waals surface area contributed by atoms with Crippen LogP contribution in [-0.2, 0) is 11.3 Å². The molecule has 1 aromatic carbocycles. The third-order valence-corrected chi connectivity index (χ3v) is 5.19. The molecule has 0 aliphatic heterocycles. The largest absolute Gasteiger partial charge is 0.302 e. The normalized spacial score (nSPS) is 10.8. The summed E-state index contributed by atoms with van der Waals surface area (Å²) in [6.07, 6.45) is 2.72. The van der Waals surface area contributed by atoms with Gasteiger partial charge in [-0.05, 0) is 13.3 Å². The topological polar surface area (TPSA) is 72.7 Å². The average Bonchev–Trinajstić information content (AvgIpc) is 3.20. The van der Waals surface area contributed by atoms with Crippen molar-refractivity contribution >= 4 is 34.1 Å². The Morgan fingerprint density at radius 1 is 1.28 bits per heavy atom. The molecule has 2 aromatic heterocycles. The molecule has 0 aliphatic rings. The first-order valence-electron chi connectivity index (χ1n) is 8.01. The van der Waals surface area contributed by atoms with Gasteiger partial charge in [-0.25, -0.2) is 4.98 Å². The number of aromatic nitrogens is 4. The maximum atomic E-state index is 12.1. The van der Waals surface area contributed by atoms with Crippen molar-refractivity contribution in [2.24, 2.45) is 0 Å². The van der Waals surface area contributed by atoms with E-state index in [4.69, 9.17) is 0 Å². The lowest BCUT2D eigenvalue weighted by Crippen LogP contribution is -2.14. The predicted molar refractivity (Wildman–Crippen MR) is 102 cm³/mol. The number of carbonyl (C=O) groups excluding carboxylic acids is 1. The van der Waals surface area contributed by atoms with Crippen molar-refractivity contribution in [3.63, 3.8) is 0 Å². The smallest absolute Gasteiger partial charge is 0.236 e. The van der Waals surface area contributed by atoms with Gasteiger partial charge in [0.2, 0.25) is 5.91 Å². The van der Waals surface area contributed by atoms with Crippen molar-refractivity contribution in [1.82, 2.24) is 19.7 Å². The highest BCUT2D eigenvalue weighted by Gasteiger charge is 2.15. The quantitative estimate of drug-likeness (QED) is 0.637. The molecule has 0 spiro atoms.